The highest BCUT2D eigenvalue weighted by Crippen LogP contribution is 2.30. The molecule has 5 nitrogen and oxygen atoms in total. The van der Waals surface area contributed by atoms with E-state index in [9.17, 15) is 0 Å². The average molecular weight is 416 g/mol. The first kappa shape index (κ1) is 20.7. The normalized spacial score (nSPS) is 18.9. The van der Waals surface area contributed by atoms with Gasteiger partial charge in [0.2, 0.25) is 0 Å². The average Bonchev–Trinajstić information content (AvgIpc) is 3.46. The van der Waals surface area contributed by atoms with Gasteiger partial charge in [0.05, 0.1) is 7.11 Å². The van der Waals surface area contributed by atoms with Gasteiger partial charge in [0.1, 0.15) is 6.61 Å². The third-order valence-corrected chi connectivity index (χ3v) is 6.83. The van der Waals surface area contributed by atoms with Crippen molar-refractivity contribution in [2.24, 2.45) is 0 Å². The van der Waals surface area contributed by atoms with Crippen LogP contribution in [0, 0.1) is 0 Å². The van der Waals surface area contributed by atoms with E-state index in [2.05, 4.69) is 44.3 Å². The number of hydrogen-bond donors (Lipinski definition) is 0. The molecule has 0 atom stereocenters. The Hall–Kier alpha value is -1.60. The predicted octanol–water partition coefficient (Wildman–Crippen LogP) is 3.55. The van der Waals surface area contributed by atoms with Crippen molar-refractivity contribution in [3.05, 3.63) is 46.2 Å². The lowest BCUT2D eigenvalue weighted by atomic mass is 10.1. The highest BCUT2D eigenvalue weighted by Gasteiger charge is 2.19. The van der Waals surface area contributed by atoms with Crippen LogP contribution in [0.4, 0.5) is 0 Å². The van der Waals surface area contributed by atoms with E-state index in [4.69, 9.17) is 9.47 Å². The molecule has 0 N–H and O–H groups in total. The van der Waals surface area contributed by atoms with Crippen molar-refractivity contribution >= 4 is 11.3 Å². The quantitative estimate of drug-likeness (QED) is 0.625. The van der Waals surface area contributed by atoms with Crippen LogP contribution in [0.15, 0.2) is 35.7 Å². The van der Waals surface area contributed by atoms with Crippen molar-refractivity contribution in [3.8, 4) is 11.5 Å². The van der Waals surface area contributed by atoms with Gasteiger partial charge in [-0.15, -0.1) is 11.3 Å². The number of nitrogens with zero attached hydrogens (tertiary/aromatic N) is 3. The fraction of sp³-hybridized carbons (Fsp3) is 0.565. The summed E-state index contributed by atoms with van der Waals surface area (Å²) >= 11 is 1.71. The second-order valence-electron chi connectivity index (χ2n) is 8.02. The molecule has 0 amide bonds. The summed E-state index contributed by atoms with van der Waals surface area (Å²) < 4.78 is 11.6. The lowest BCUT2D eigenvalue weighted by molar-refractivity contribution is 0.117. The Kier molecular flexibility index (Phi) is 7.44. The summed E-state index contributed by atoms with van der Waals surface area (Å²) in [7, 11) is 1.72. The molecule has 2 aliphatic rings. The van der Waals surface area contributed by atoms with Crippen molar-refractivity contribution in [1.29, 1.82) is 0 Å². The minimum atomic E-state index is 0.590. The summed E-state index contributed by atoms with van der Waals surface area (Å²) in [6, 6.07) is 10.5. The molecule has 6 heteroatoms. The van der Waals surface area contributed by atoms with Crippen molar-refractivity contribution in [2.45, 2.75) is 26.0 Å². The molecule has 0 aliphatic carbocycles. The maximum Gasteiger partial charge on any atom is 0.161 e. The van der Waals surface area contributed by atoms with E-state index in [-0.39, 0.29) is 0 Å². The fourth-order valence-electron chi connectivity index (χ4n) is 4.19. The number of thiophene rings is 1. The van der Waals surface area contributed by atoms with Gasteiger partial charge < -0.3 is 14.4 Å². The maximum absolute atomic E-state index is 5.96. The van der Waals surface area contributed by atoms with Gasteiger partial charge in [-0.2, -0.15) is 0 Å². The SMILES string of the molecule is COc1cc(CN2CCN(CCN3CCCC3)CC2)ccc1OCc1cccs1. The minimum Gasteiger partial charge on any atom is -0.493 e. The van der Waals surface area contributed by atoms with Crippen LogP contribution in [-0.2, 0) is 13.2 Å². The molecule has 1 aromatic heterocycles. The van der Waals surface area contributed by atoms with Gasteiger partial charge in [0.15, 0.2) is 11.5 Å². The van der Waals surface area contributed by atoms with Gasteiger partial charge in [-0.05, 0) is 55.1 Å². The first-order chi connectivity index (χ1) is 14.3. The molecule has 0 radical (unpaired) electrons. The topological polar surface area (TPSA) is 28.2 Å². The zero-order valence-corrected chi connectivity index (χ0v) is 18.3. The monoisotopic (exact) mass is 415 g/mol. The third kappa shape index (κ3) is 5.95. The van der Waals surface area contributed by atoms with E-state index >= 15 is 0 Å². The zero-order valence-electron chi connectivity index (χ0n) is 17.5. The van der Waals surface area contributed by atoms with E-state index in [1.54, 1.807) is 18.4 Å². The summed E-state index contributed by atoms with van der Waals surface area (Å²) in [4.78, 5) is 9.00. The van der Waals surface area contributed by atoms with Gasteiger partial charge >= 0.3 is 0 Å². The van der Waals surface area contributed by atoms with Crippen LogP contribution in [-0.4, -0.2) is 74.2 Å². The Balaban J connectivity index is 1.23. The van der Waals surface area contributed by atoms with Crippen molar-refractivity contribution in [2.75, 3.05) is 59.5 Å². The standard InChI is InChI=1S/C23H33N3O2S/c1-27-23-17-20(6-7-22(23)28-19-21-5-4-16-29-21)18-26-14-12-25(13-15-26)11-10-24-8-2-3-9-24/h4-7,16-17H,2-3,8-15,18-19H2,1H3. The molecule has 2 aromatic rings. The number of ether oxygens (including phenoxy) is 2. The molecule has 2 saturated heterocycles. The van der Waals surface area contributed by atoms with Crippen LogP contribution in [0.5, 0.6) is 11.5 Å². The molecule has 0 spiro atoms. The largest absolute Gasteiger partial charge is 0.493 e. The number of likely N-dealkylation sites (tertiary alicyclic amines) is 1. The molecule has 2 fully saturated rings. The second-order valence-corrected chi connectivity index (χ2v) is 9.05. The number of benzene rings is 1. The lowest BCUT2D eigenvalue weighted by Gasteiger charge is -2.35. The van der Waals surface area contributed by atoms with E-state index in [0.717, 1.165) is 31.1 Å². The van der Waals surface area contributed by atoms with Gasteiger partial charge in [0, 0.05) is 50.7 Å². The van der Waals surface area contributed by atoms with E-state index in [0.29, 0.717) is 6.61 Å². The summed E-state index contributed by atoms with van der Waals surface area (Å²) in [5.41, 5.74) is 1.29. The predicted molar refractivity (Wildman–Crippen MR) is 119 cm³/mol. The van der Waals surface area contributed by atoms with Crippen LogP contribution in [0.2, 0.25) is 0 Å². The van der Waals surface area contributed by atoms with E-state index in [1.807, 2.05) is 6.07 Å². The first-order valence-corrected chi connectivity index (χ1v) is 11.7. The Morgan fingerprint density at radius 2 is 1.59 bits per heavy atom. The highest BCUT2D eigenvalue weighted by molar-refractivity contribution is 7.09. The van der Waals surface area contributed by atoms with Crippen molar-refractivity contribution in [3.63, 3.8) is 0 Å². The second kappa shape index (κ2) is 10.4. The zero-order chi connectivity index (χ0) is 19.9. The van der Waals surface area contributed by atoms with E-state index < -0.39 is 0 Å². The van der Waals surface area contributed by atoms with E-state index in [1.165, 1.54) is 62.6 Å². The molecule has 158 valence electrons. The molecular weight excluding hydrogens is 382 g/mol. The van der Waals surface area contributed by atoms with Gasteiger partial charge in [-0.25, -0.2) is 0 Å². The molecule has 2 aliphatic heterocycles. The van der Waals surface area contributed by atoms with Crippen LogP contribution < -0.4 is 9.47 Å². The summed E-state index contributed by atoms with van der Waals surface area (Å²) in [6.07, 6.45) is 2.77. The lowest BCUT2D eigenvalue weighted by Crippen LogP contribution is -2.47. The van der Waals surface area contributed by atoms with Crippen LogP contribution in [0.1, 0.15) is 23.3 Å². The molecule has 4 rings (SSSR count). The first-order valence-electron chi connectivity index (χ1n) is 10.8. The van der Waals surface area contributed by atoms with Crippen LogP contribution in [0.25, 0.3) is 0 Å². The Morgan fingerprint density at radius 3 is 2.28 bits per heavy atom. The summed E-state index contributed by atoms with van der Waals surface area (Å²) in [5.74, 6) is 1.64. The van der Waals surface area contributed by atoms with Crippen LogP contribution >= 0.6 is 11.3 Å². The van der Waals surface area contributed by atoms with Crippen molar-refractivity contribution in [1.82, 2.24) is 14.7 Å². The molecule has 0 saturated carbocycles. The molecule has 0 unspecified atom stereocenters. The molecule has 0 bridgehead atoms. The fourth-order valence-corrected chi connectivity index (χ4v) is 4.81. The van der Waals surface area contributed by atoms with Gasteiger partial charge in [-0.1, -0.05) is 12.1 Å². The Labute approximate surface area is 178 Å². The summed E-state index contributed by atoms with van der Waals surface area (Å²) in [5, 5.41) is 2.07. The van der Waals surface area contributed by atoms with Gasteiger partial charge in [-0.3, -0.25) is 9.80 Å². The Bertz CT molecular complexity index is 739. The number of rotatable bonds is 9. The minimum absolute atomic E-state index is 0.590. The maximum atomic E-state index is 5.96. The number of methoxy groups -OCH3 is 1. The van der Waals surface area contributed by atoms with Crippen molar-refractivity contribution < 1.29 is 9.47 Å². The highest BCUT2D eigenvalue weighted by atomic mass is 32.1. The molecule has 1 aromatic carbocycles. The molecular formula is C23H33N3O2S. The Morgan fingerprint density at radius 1 is 0.862 bits per heavy atom. The van der Waals surface area contributed by atoms with Gasteiger partial charge in [0.25, 0.3) is 0 Å². The molecule has 3 heterocycles. The summed E-state index contributed by atoms with van der Waals surface area (Å²) in [6.45, 7) is 11.2. The third-order valence-electron chi connectivity index (χ3n) is 5.98. The smallest absolute Gasteiger partial charge is 0.161 e. The molecule has 29 heavy (non-hydrogen) atoms. The number of piperazine rings is 1. The number of hydrogen-bond acceptors (Lipinski definition) is 6. The van der Waals surface area contributed by atoms with Crippen LogP contribution in [0.3, 0.4) is 0 Å².